The first-order valence-electron chi connectivity index (χ1n) is 7.25. The molecule has 1 saturated heterocycles. The predicted molar refractivity (Wildman–Crippen MR) is 76.4 cm³/mol. The lowest BCUT2D eigenvalue weighted by atomic mass is 10.0. The molecule has 0 radical (unpaired) electrons. The number of carbonyl (C=O) groups is 1. The molecule has 0 saturated carbocycles. The quantitative estimate of drug-likeness (QED) is 0.886. The predicted octanol–water partition coefficient (Wildman–Crippen LogP) is 2.73. The molecule has 0 aliphatic carbocycles. The van der Waals surface area contributed by atoms with Gasteiger partial charge in [0.15, 0.2) is 0 Å². The molecule has 1 aliphatic heterocycles. The summed E-state index contributed by atoms with van der Waals surface area (Å²) in [5.74, 6) is -0.693. The number of aryl methyl sites for hydroxylation is 1. The standard InChI is InChI=1S/C16H23NO2/c1-2-13-6-8-14(9-7-13)12-15(16(18)19)17-10-4-3-5-11-17/h6-9,15H,2-5,10-12H2,1H3,(H,18,19)/t15-/m0/s1. The van der Waals surface area contributed by atoms with Crippen molar-refractivity contribution < 1.29 is 9.90 Å². The SMILES string of the molecule is CCc1ccc(C[C@@H](C(=O)O)N2CCCCC2)cc1. The number of piperidine rings is 1. The van der Waals surface area contributed by atoms with Gasteiger partial charge in [-0.3, -0.25) is 9.69 Å². The highest BCUT2D eigenvalue weighted by Gasteiger charge is 2.26. The van der Waals surface area contributed by atoms with E-state index in [1.807, 2.05) is 0 Å². The van der Waals surface area contributed by atoms with Crippen LogP contribution in [-0.4, -0.2) is 35.1 Å². The van der Waals surface area contributed by atoms with E-state index < -0.39 is 5.97 Å². The molecule has 2 rings (SSSR count). The van der Waals surface area contributed by atoms with Crippen molar-refractivity contribution in [3.8, 4) is 0 Å². The van der Waals surface area contributed by atoms with Crippen LogP contribution in [0.3, 0.4) is 0 Å². The Kier molecular flexibility index (Phi) is 4.97. The van der Waals surface area contributed by atoms with Crippen LogP contribution in [0.2, 0.25) is 0 Å². The van der Waals surface area contributed by atoms with Crippen LogP contribution in [0.25, 0.3) is 0 Å². The highest BCUT2D eigenvalue weighted by Crippen LogP contribution is 2.16. The molecular weight excluding hydrogens is 238 g/mol. The summed E-state index contributed by atoms with van der Waals surface area (Å²) in [5.41, 5.74) is 2.42. The van der Waals surface area contributed by atoms with E-state index in [9.17, 15) is 9.90 Å². The van der Waals surface area contributed by atoms with Crippen molar-refractivity contribution in [1.82, 2.24) is 4.90 Å². The zero-order valence-electron chi connectivity index (χ0n) is 11.6. The molecule has 1 heterocycles. The lowest BCUT2D eigenvalue weighted by molar-refractivity contribution is -0.143. The summed E-state index contributed by atoms with van der Waals surface area (Å²) in [6, 6.07) is 7.97. The molecule has 1 aliphatic rings. The summed E-state index contributed by atoms with van der Waals surface area (Å²) < 4.78 is 0. The first-order valence-corrected chi connectivity index (χ1v) is 7.25. The maximum Gasteiger partial charge on any atom is 0.321 e. The highest BCUT2D eigenvalue weighted by atomic mass is 16.4. The summed E-state index contributed by atoms with van der Waals surface area (Å²) in [5, 5.41) is 9.45. The first-order chi connectivity index (χ1) is 9.20. The van der Waals surface area contributed by atoms with Crippen molar-refractivity contribution in [2.45, 2.75) is 45.1 Å². The smallest absolute Gasteiger partial charge is 0.321 e. The minimum absolute atomic E-state index is 0.368. The van der Waals surface area contributed by atoms with Gasteiger partial charge in [-0.25, -0.2) is 0 Å². The minimum atomic E-state index is -0.693. The summed E-state index contributed by atoms with van der Waals surface area (Å²) in [7, 11) is 0. The van der Waals surface area contributed by atoms with Crippen molar-refractivity contribution in [3.05, 3.63) is 35.4 Å². The van der Waals surface area contributed by atoms with Crippen LogP contribution in [0.4, 0.5) is 0 Å². The van der Waals surface area contributed by atoms with Crippen molar-refractivity contribution in [2.24, 2.45) is 0 Å². The maximum atomic E-state index is 11.5. The Bertz CT molecular complexity index is 407. The van der Waals surface area contributed by atoms with E-state index in [0.717, 1.165) is 37.9 Å². The number of likely N-dealkylation sites (tertiary alicyclic amines) is 1. The van der Waals surface area contributed by atoms with Crippen LogP contribution in [0.1, 0.15) is 37.3 Å². The van der Waals surface area contributed by atoms with Gasteiger partial charge in [0.2, 0.25) is 0 Å². The maximum absolute atomic E-state index is 11.5. The second-order valence-electron chi connectivity index (χ2n) is 5.32. The lowest BCUT2D eigenvalue weighted by Crippen LogP contribution is -2.45. The van der Waals surface area contributed by atoms with Gasteiger partial charge in [0.1, 0.15) is 6.04 Å². The molecule has 0 unspecified atom stereocenters. The highest BCUT2D eigenvalue weighted by molar-refractivity contribution is 5.74. The van der Waals surface area contributed by atoms with Crippen LogP contribution in [0.15, 0.2) is 24.3 Å². The Balaban J connectivity index is 2.04. The van der Waals surface area contributed by atoms with Gasteiger partial charge in [-0.1, -0.05) is 37.6 Å². The van der Waals surface area contributed by atoms with Gasteiger partial charge < -0.3 is 5.11 Å². The Morgan fingerprint density at radius 1 is 1.16 bits per heavy atom. The van der Waals surface area contributed by atoms with Crippen molar-refractivity contribution in [1.29, 1.82) is 0 Å². The lowest BCUT2D eigenvalue weighted by Gasteiger charge is -2.32. The Morgan fingerprint density at radius 2 is 1.74 bits per heavy atom. The van der Waals surface area contributed by atoms with Crippen LogP contribution < -0.4 is 0 Å². The molecule has 0 amide bonds. The molecule has 1 atom stereocenters. The summed E-state index contributed by atoms with van der Waals surface area (Å²) in [6.07, 6.45) is 5.11. The normalized spacial score (nSPS) is 18.2. The van der Waals surface area contributed by atoms with Crippen molar-refractivity contribution >= 4 is 5.97 Å². The molecule has 3 nitrogen and oxygen atoms in total. The van der Waals surface area contributed by atoms with Gasteiger partial charge in [0.05, 0.1) is 0 Å². The number of aliphatic carboxylic acids is 1. The molecule has 1 aromatic rings. The zero-order valence-corrected chi connectivity index (χ0v) is 11.6. The molecule has 0 spiro atoms. The summed E-state index contributed by atoms with van der Waals surface area (Å²) in [4.78, 5) is 13.6. The number of nitrogens with zero attached hydrogens (tertiary/aromatic N) is 1. The Hall–Kier alpha value is -1.35. The van der Waals surface area contributed by atoms with E-state index in [2.05, 4.69) is 36.1 Å². The fourth-order valence-corrected chi connectivity index (χ4v) is 2.74. The third-order valence-electron chi connectivity index (χ3n) is 3.98. The van der Waals surface area contributed by atoms with Gasteiger partial charge in [0, 0.05) is 0 Å². The minimum Gasteiger partial charge on any atom is -0.480 e. The number of rotatable bonds is 5. The number of hydrogen-bond donors (Lipinski definition) is 1. The van der Waals surface area contributed by atoms with E-state index in [1.165, 1.54) is 12.0 Å². The summed E-state index contributed by atoms with van der Waals surface area (Å²) in [6.45, 7) is 3.97. The molecule has 3 heteroatoms. The average molecular weight is 261 g/mol. The molecule has 1 aromatic carbocycles. The Morgan fingerprint density at radius 3 is 2.26 bits per heavy atom. The third-order valence-corrected chi connectivity index (χ3v) is 3.98. The second-order valence-corrected chi connectivity index (χ2v) is 5.32. The molecule has 0 bridgehead atoms. The zero-order chi connectivity index (χ0) is 13.7. The van der Waals surface area contributed by atoms with Crippen LogP contribution in [0, 0.1) is 0 Å². The van der Waals surface area contributed by atoms with Crippen LogP contribution >= 0.6 is 0 Å². The average Bonchev–Trinajstić information content (AvgIpc) is 2.46. The molecule has 0 aromatic heterocycles. The number of carboxylic acid groups (broad SMARTS) is 1. The number of hydrogen-bond acceptors (Lipinski definition) is 2. The molecule has 1 N–H and O–H groups in total. The summed E-state index contributed by atoms with van der Waals surface area (Å²) >= 11 is 0. The van der Waals surface area contributed by atoms with E-state index in [1.54, 1.807) is 0 Å². The van der Waals surface area contributed by atoms with Gasteiger partial charge in [0.25, 0.3) is 0 Å². The fourth-order valence-electron chi connectivity index (χ4n) is 2.74. The van der Waals surface area contributed by atoms with Gasteiger partial charge >= 0.3 is 5.97 Å². The fraction of sp³-hybridized carbons (Fsp3) is 0.562. The third kappa shape index (κ3) is 3.80. The van der Waals surface area contributed by atoms with E-state index in [-0.39, 0.29) is 6.04 Å². The number of carboxylic acids is 1. The van der Waals surface area contributed by atoms with E-state index in [0.29, 0.717) is 6.42 Å². The number of benzene rings is 1. The van der Waals surface area contributed by atoms with E-state index >= 15 is 0 Å². The second kappa shape index (κ2) is 6.71. The van der Waals surface area contributed by atoms with Gasteiger partial charge in [-0.05, 0) is 49.9 Å². The van der Waals surface area contributed by atoms with Crippen molar-refractivity contribution in [2.75, 3.05) is 13.1 Å². The molecule has 19 heavy (non-hydrogen) atoms. The van der Waals surface area contributed by atoms with E-state index in [4.69, 9.17) is 0 Å². The van der Waals surface area contributed by atoms with Crippen molar-refractivity contribution in [3.63, 3.8) is 0 Å². The largest absolute Gasteiger partial charge is 0.480 e. The molecule has 1 fully saturated rings. The molecular formula is C16H23NO2. The van der Waals surface area contributed by atoms with Crippen LogP contribution in [0.5, 0.6) is 0 Å². The van der Waals surface area contributed by atoms with Crippen LogP contribution in [-0.2, 0) is 17.6 Å². The molecule has 104 valence electrons. The van der Waals surface area contributed by atoms with Gasteiger partial charge in [-0.2, -0.15) is 0 Å². The topological polar surface area (TPSA) is 40.5 Å². The first kappa shape index (κ1) is 14.1. The Labute approximate surface area is 115 Å². The monoisotopic (exact) mass is 261 g/mol. The van der Waals surface area contributed by atoms with Gasteiger partial charge in [-0.15, -0.1) is 0 Å².